The number of phosphoric ester groups is 2. The number of imidazole rings is 1. The van der Waals surface area contributed by atoms with Crippen LogP contribution in [-0.4, -0.2) is 133 Å². The molecule has 2 saturated heterocycles. The van der Waals surface area contributed by atoms with Gasteiger partial charge in [-0.3, -0.25) is 32.5 Å². The number of pyridine rings is 1. The number of carbonyl (C=O) groups is 2. The van der Waals surface area contributed by atoms with E-state index in [4.69, 9.17) is 39.5 Å². The Morgan fingerprint density at radius 2 is 1.71 bits per heavy atom. The van der Waals surface area contributed by atoms with E-state index in [1.54, 1.807) is 0 Å². The summed E-state index contributed by atoms with van der Waals surface area (Å²) in [5.41, 5.74) is 10.8. The van der Waals surface area contributed by atoms with E-state index in [0.29, 0.717) is 0 Å². The van der Waals surface area contributed by atoms with Crippen LogP contribution in [-0.2, 0) is 57.8 Å². The van der Waals surface area contributed by atoms with Crippen molar-refractivity contribution < 1.29 is 80.5 Å². The maximum Gasteiger partial charge on any atom is 0.472 e. The van der Waals surface area contributed by atoms with Crippen molar-refractivity contribution in [1.29, 1.82) is 0 Å². The van der Waals surface area contributed by atoms with Crippen LogP contribution >= 0.6 is 15.6 Å². The first-order chi connectivity index (χ1) is 29.8. The van der Waals surface area contributed by atoms with Gasteiger partial charge in [0.2, 0.25) is 5.91 Å². The maximum absolute atomic E-state index is 13.8. The molecule has 27 nitrogen and oxygen atoms in total. The third-order valence-corrected chi connectivity index (χ3v) is 10.7. The highest BCUT2D eigenvalue weighted by Gasteiger charge is 2.52. The summed E-state index contributed by atoms with van der Waals surface area (Å²) in [4.78, 5) is 88.0. The molecular formula is C33H41FN10O17P2. The van der Waals surface area contributed by atoms with Crippen molar-refractivity contribution in [3.8, 4) is 0 Å². The van der Waals surface area contributed by atoms with Crippen LogP contribution in [0.15, 0.2) is 60.8 Å². The number of nitrogen functional groups attached to an aromatic ring is 2. The monoisotopic (exact) mass is 930 g/mol. The van der Waals surface area contributed by atoms with E-state index < -0.39 is 114 Å². The first kappa shape index (κ1) is 47.3. The van der Waals surface area contributed by atoms with Gasteiger partial charge in [0.05, 0.1) is 39.0 Å². The summed E-state index contributed by atoms with van der Waals surface area (Å²) in [6.07, 6.45) is -7.05. The van der Waals surface area contributed by atoms with E-state index in [1.807, 2.05) is 0 Å². The number of aromatic nitrogens is 7. The minimum absolute atomic E-state index is 0.0427. The summed E-state index contributed by atoms with van der Waals surface area (Å²) in [6, 6.07) is 0.735. The van der Waals surface area contributed by atoms with Crippen LogP contribution in [0.25, 0.3) is 11.2 Å². The van der Waals surface area contributed by atoms with Gasteiger partial charge >= 0.3 is 27.3 Å². The summed E-state index contributed by atoms with van der Waals surface area (Å²) in [5.74, 6) is -2.72. The highest BCUT2D eigenvalue weighted by molar-refractivity contribution is 7.47. The summed E-state index contributed by atoms with van der Waals surface area (Å²) in [6.45, 7) is 0.696. The molecule has 0 spiro atoms. The fourth-order valence-electron chi connectivity index (χ4n) is 6.35. The molecule has 6 rings (SSSR count). The molecule has 0 radical (unpaired) electrons. The third kappa shape index (κ3) is 11.9. The number of nitrogens with zero attached hydrogens (tertiary/aromatic N) is 7. The molecule has 0 bridgehead atoms. The number of anilines is 2. The Labute approximate surface area is 353 Å². The molecule has 2 aliphatic heterocycles. The topological polar surface area (TPSA) is 389 Å². The third-order valence-electron chi connectivity index (χ3n) is 9.23. The second-order valence-corrected chi connectivity index (χ2v) is 16.4. The molecule has 2 fully saturated rings. The number of hydrogen-bond donors (Lipinski definition) is 8. The van der Waals surface area contributed by atoms with E-state index >= 15 is 0 Å². The van der Waals surface area contributed by atoms with Crippen LogP contribution in [0.2, 0.25) is 0 Å². The standard InChI is InChI=1S/C33H41FN10O17P2/c1-2-3-4-22(45)41-18(11-55-10-16-7-17(34)9-37-8-16)32(48)60-26-19(58-31(24(26)46)44-15-40-23-28(36)38-14-39-29(23)44)13-57-63(53,54)61-27-20(12-56-62(50,51)52)59-30(25(27)47)43-6-5-21(35)42-33(43)49/h2,5-9,14-15,18-20,24-27,30-31,46-47H,1,3-4,10-13H2,(H,41,45)(H,53,54)(H2,35,42,49)(H2,36,38,39)(H2,50,51,52)/t18-,19?,20-,24?,25-,26?,27-,30-,31?/m1/s1. The van der Waals surface area contributed by atoms with E-state index in [-0.39, 0.29) is 47.8 Å². The lowest BCUT2D eigenvalue weighted by molar-refractivity contribution is -0.162. The molecular weight excluding hydrogens is 889 g/mol. The number of nitrogens with two attached hydrogens (primary N) is 2. The lowest BCUT2D eigenvalue weighted by Gasteiger charge is -2.26. The molecule has 10 N–H and O–H groups in total. The number of nitrogens with one attached hydrogen (secondary N) is 1. The van der Waals surface area contributed by atoms with Gasteiger partial charge in [-0.15, -0.1) is 6.58 Å². The Balaban J connectivity index is 1.23. The first-order valence-corrected chi connectivity index (χ1v) is 21.4. The minimum atomic E-state index is -5.46. The van der Waals surface area contributed by atoms with Gasteiger partial charge in [0.25, 0.3) is 0 Å². The molecule has 4 aromatic heterocycles. The van der Waals surface area contributed by atoms with E-state index in [2.05, 4.69) is 41.3 Å². The fourth-order valence-corrected chi connectivity index (χ4v) is 7.66. The smallest absolute Gasteiger partial charge is 0.455 e. The Hall–Kier alpha value is -5.19. The number of rotatable bonds is 20. The zero-order chi connectivity index (χ0) is 45.6. The number of halogens is 1. The number of aliphatic hydroxyl groups excluding tert-OH is 2. The highest BCUT2D eigenvalue weighted by Crippen LogP contribution is 2.50. The summed E-state index contributed by atoms with van der Waals surface area (Å²) >= 11 is 0. The number of carbonyl (C=O) groups excluding carboxylic acids is 2. The number of amides is 1. The van der Waals surface area contributed by atoms with Crippen molar-refractivity contribution in [2.24, 2.45) is 0 Å². The SMILES string of the molecule is C=CCCC(=O)N[C@H](COCc1cncc(F)c1)C(=O)OC1C(COP(=O)(O)O[C@H]2[C@@H](O)[C@H](n3ccc(N)nc3=O)O[C@@H]2COP(=O)(O)O)OC(n2cnc3c(N)ncnc32)C1O. The van der Waals surface area contributed by atoms with E-state index in [9.17, 15) is 52.8 Å². The Morgan fingerprint density at radius 1 is 1.02 bits per heavy atom. The Bertz CT molecular complexity index is 2440. The van der Waals surface area contributed by atoms with Crippen LogP contribution in [0.1, 0.15) is 30.9 Å². The van der Waals surface area contributed by atoms with Crippen molar-refractivity contribution in [1.82, 2.24) is 39.4 Å². The van der Waals surface area contributed by atoms with Crippen LogP contribution < -0.4 is 22.5 Å². The van der Waals surface area contributed by atoms with Gasteiger partial charge in [0, 0.05) is 18.8 Å². The molecule has 30 heteroatoms. The molecule has 63 heavy (non-hydrogen) atoms. The van der Waals surface area contributed by atoms with E-state index in [1.165, 1.54) is 23.2 Å². The Kier molecular flexibility index (Phi) is 15.1. The normalized spacial score (nSPS) is 25.1. The number of fused-ring (bicyclic) bond motifs is 1. The fraction of sp³-hybridized carbons (Fsp3) is 0.455. The van der Waals surface area contributed by atoms with Crippen LogP contribution in [0.5, 0.6) is 0 Å². The minimum Gasteiger partial charge on any atom is -0.455 e. The van der Waals surface area contributed by atoms with Crippen molar-refractivity contribution in [2.45, 2.75) is 74.6 Å². The quantitative estimate of drug-likeness (QED) is 0.0284. The van der Waals surface area contributed by atoms with Crippen LogP contribution in [0, 0.1) is 5.82 Å². The number of aliphatic hydroxyl groups is 2. The number of hydrogen-bond acceptors (Lipinski definition) is 21. The van der Waals surface area contributed by atoms with Gasteiger partial charge in [-0.2, -0.15) is 4.98 Å². The van der Waals surface area contributed by atoms with Crippen LogP contribution in [0.4, 0.5) is 16.0 Å². The van der Waals surface area contributed by atoms with Crippen molar-refractivity contribution >= 4 is 50.3 Å². The molecule has 342 valence electrons. The molecule has 4 aromatic rings. The van der Waals surface area contributed by atoms with Gasteiger partial charge < -0.3 is 60.6 Å². The van der Waals surface area contributed by atoms with Crippen molar-refractivity contribution in [3.05, 3.63) is 77.9 Å². The van der Waals surface area contributed by atoms with E-state index in [0.717, 1.165) is 35.4 Å². The number of phosphoric acid groups is 2. The lowest BCUT2D eigenvalue weighted by atomic mass is 10.1. The average Bonchev–Trinajstić information content (AvgIpc) is 3.88. The lowest BCUT2D eigenvalue weighted by Crippen LogP contribution is -2.48. The zero-order valence-electron chi connectivity index (χ0n) is 32.5. The van der Waals surface area contributed by atoms with Gasteiger partial charge in [-0.05, 0) is 24.1 Å². The molecule has 2 aliphatic rings. The highest BCUT2D eigenvalue weighted by atomic mass is 31.2. The van der Waals surface area contributed by atoms with Gasteiger partial charge in [-0.25, -0.2) is 38.1 Å². The van der Waals surface area contributed by atoms with Gasteiger partial charge in [0.1, 0.15) is 54.0 Å². The molecule has 0 saturated carbocycles. The van der Waals surface area contributed by atoms with Gasteiger partial charge in [0.15, 0.2) is 36.1 Å². The molecule has 0 aliphatic carbocycles. The number of allylic oxidation sites excluding steroid dienone is 1. The van der Waals surface area contributed by atoms with Crippen molar-refractivity contribution in [2.75, 3.05) is 31.3 Å². The second-order valence-electron chi connectivity index (χ2n) is 13.7. The molecule has 5 unspecified atom stereocenters. The first-order valence-electron chi connectivity index (χ1n) is 18.4. The molecule has 6 heterocycles. The summed E-state index contributed by atoms with van der Waals surface area (Å²) in [7, 11) is -10.7. The largest absolute Gasteiger partial charge is 0.472 e. The predicted molar refractivity (Wildman–Crippen MR) is 206 cm³/mol. The molecule has 10 atom stereocenters. The zero-order valence-corrected chi connectivity index (χ0v) is 34.2. The summed E-state index contributed by atoms with van der Waals surface area (Å²) < 4.78 is 78.5. The molecule has 0 aromatic carbocycles. The average molecular weight is 931 g/mol. The van der Waals surface area contributed by atoms with Crippen LogP contribution in [0.3, 0.4) is 0 Å². The predicted octanol–water partition coefficient (Wildman–Crippen LogP) is -1.51. The Morgan fingerprint density at radius 3 is 2.41 bits per heavy atom. The maximum atomic E-state index is 13.8. The summed E-state index contributed by atoms with van der Waals surface area (Å²) in [5, 5.41) is 25.3. The number of ether oxygens (including phenoxy) is 4. The second kappa shape index (κ2) is 20.1. The molecule has 1 amide bonds. The number of esters is 1. The van der Waals surface area contributed by atoms with Crippen molar-refractivity contribution in [3.63, 3.8) is 0 Å². The van der Waals surface area contributed by atoms with Gasteiger partial charge in [-0.1, -0.05) is 6.08 Å².